The molecule has 1 aliphatic rings. The number of sulfonamides is 1. The third-order valence-electron chi connectivity index (χ3n) is 5.44. The third-order valence-corrected chi connectivity index (χ3v) is 7.64. The highest BCUT2D eigenvalue weighted by Crippen LogP contribution is 2.25. The van der Waals surface area contributed by atoms with Gasteiger partial charge in [0, 0.05) is 24.0 Å². The standard InChI is InChI=1S/C22H27ClN2O3S/c1-2-21(17-8-4-3-5-9-17)24-22(26)18-12-14-25(15-13-18)29(27,28)16-19-10-6-7-11-20(19)23/h3-11,18,21H,2,12-16H2,1H3,(H,24,26)/t21-/m0/s1. The van der Waals surface area contributed by atoms with Crippen LogP contribution in [0.2, 0.25) is 5.02 Å². The molecule has 2 aromatic carbocycles. The van der Waals surface area contributed by atoms with E-state index in [2.05, 4.69) is 5.32 Å². The van der Waals surface area contributed by atoms with Crippen LogP contribution < -0.4 is 5.32 Å². The lowest BCUT2D eigenvalue weighted by atomic mass is 9.96. The molecule has 1 aliphatic heterocycles. The summed E-state index contributed by atoms with van der Waals surface area (Å²) in [6.45, 7) is 2.75. The molecule has 0 aromatic heterocycles. The van der Waals surface area contributed by atoms with Crippen LogP contribution in [0.25, 0.3) is 0 Å². The van der Waals surface area contributed by atoms with Crippen molar-refractivity contribution >= 4 is 27.5 Å². The quantitative estimate of drug-likeness (QED) is 0.711. The predicted molar refractivity (Wildman–Crippen MR) is 116 cm³/mol. The summed E-state index contributed by atoms with van der Waals surface area (Å²) >= 11 is 6.11. The van der Waals surface area contributed by atoms with Crippen molar-refractivity contribution < 1.29 is 13.2 Å². The van der Waals surface area contributed by atoms with Gasteiger partial charge in [0.15, 0.2) is 0 Å². The SMILES string of the molecule is CC[C@H](NC(=O)C1CCN(S(=O)(=O)Cc2ccccc2Cl)CC1)c1ccccc1. The Kier molecular flexibility index (Phi) is 7.33. The van der Waals surface area contributed by atoms with E-state index < -0.39 is 10.0 Å². The highest BCUT2D eigenvalue weighted by atomic mass is 35.5. The van der Waals surface area contributed by atoms with E-state index >= 15 is 0 Å². The second kappa shape index (κ2) is 9.74. The Bertz CT molecular complexity index is 926. The molecular formula is C22H27ClN2O3S. The summed E-state index contributed by atoms with van der Waals surface area (Å²) in [4.78, 5) is 12.7. The highest BCUT2D eigenvalue weighted by molar-refractivity contribution is 7.88. The molecule has 2 aromatic rings. The van der Waals surface area contributed by atoms with Crippen molar-refractivity contribution in [1.82, 2.24) is 9.62 Å². The van der Waals surface area contributed by atoms with Gasteiger partial charge >= 0.3 is 0 Å². The topological polar surface area (TPSA) is 66.5 Å². The summed E-state index contributed by atoms with van der Waals surface area (Å²) in [6, 6.07) is 16.9. The number of piperidine rings is 1. The zero-order valence-electron chi connectivity index (χ0n) is 16.6. The third kappa shape index (κ3) is 5.59. The van der Waals surface area contributed by atoms with Gasteiger partial charge < -0.3 is 5.32 Å². The minimum atomic E-state index is -3.46. The maximum atomic E-state index is 12.8. The fourth-order valence-electron chi connectivity index (χ4n) is 3.70. The largest absolute Gasteiger partial charge is 0.349 e. The molecule has 0 saturated carbocycles. The van der Waals surface area contributed by atoms with Gasteiger partial charge in [-0.2, -0.15) is 0 Å². The number of hydrogen-bond acceptors (Lipinski definition) is 3. The van der Waals surface area contributed by atoms with Gasteiger partial charge in [-0.1, -0.05) is 67.1 Å². The first-order chi connectivity index (χ1) is 13.9. The van der Waals surface area contributed by atoms with E-state index in [4.69, 9.17) is 11.6 Å². The molecule has 1 amide bonds. The van der Waals surface area contributed by atoms with Crippen molar-refractivity contribution in [2.75, 3.05) is 13.1 Å². The molecule has 1 fully saturated rings. The molecule has 1 saturated heterocycles. The van der Waals surface area contributed by atoms with Gasteiger partial charge in [0.25, 0.3) is 0 Å². The van der Waals surface area contributed by atoms with Crippen LogP contribution in [0.1, 0.15) is 43.4 Å². The molecule has 1 heterocycles. The molecule has 156 valence electrons. The fourth-order valence-corrected chi connectivity index (χ4v) is 5.57. The summed E-state index contributed by atoms with van der Waals surface area (Å²) in [5, 5.41) is 3.58. The first-order valence-electron chi connectivity index (χ1n) is 9.97. The minimum Gasteiger partial charge on any atom is -0.349 e. The molecule has 7 heteroatoms. The second-order valence-electron chi connectivity index (χ2n) is 7.40. The molecule has 0 unspecified atom stereocenters. The van der Waals surface area contributed by atoms with Crippen LogP contribution in [-0.4, -0.2) is 31.7 Å². The Morgan fingerprint density at radius 2 is 1.72 bits per heavy atom. The summed E-state index contributed by atoms with van der Waals surface area (Å²) < 4.78 is 27.0. The van der Waals surface area contributed by atoms with Gasteiger partial charge in [-0.05, 0) is 36.5 Å². The molecular weight excluding hydrogens is 408 g/mol. The molecule has 0 radical (unpaired) electrons. The van der Waals surface area contributed by atoms with E-state index in [0.717, 1.165) is 12.0 Å². The Labute approximate surface area is 178 Å². The number of carbonyl (C=O) groups excluding carboxylic acids is 1. The zero-order valence-corrected chi connectivity index (χ0v) is 18.1. The Hall–Kier alpha value is -1.89. The maximum absolute atomic E-state index is 12.8. The average molecular weight is 435 g/mol. The van der Waals surface area contributed by atoms with Crippen molar-refractivity contribution in [2.45, 2.75) is 38.0 Å². The predicted octanol–water partition coefficient (Wildman–Crippen LogP) is 4.15. The van der Waals surface area contributed by atoms with E-state index in [-0.39, 0.29) is 23.6 Å². The van der Waals surface area contributed by atoms with Gasteiger partial charge in [-0.15, -0.1) is 0 Å². The molecule has 1 atom stereocenters. The van der Waals surface area contributed by atoms with E-state index in [0.29, 0.717) is 36.5 Å². The van der Waals surface area contributed by atoms with Crippen molar-refractivity contribution in [2.24, 2.45) is 5.92 Å². The van der Waals surface area contributed by atoms with Crippen LogP contribution in [0.15, 0.2) is 54.6 Å². The Morgan fingerprint density at radius 3 is 2.34 bits per heavy atom. The lowest BCUT2D eigenvalue weighted by Gasteiger charge is -2.31. The monoisotopic (exact) mass is 434 g/mol. The second-order valence-corrected chi connectivity index (χ2v) is 9.78. The van der Waals surface area contributed by atoms with Gasteiger partial charge in [-0.3, -0.25) is 4.79 Å². The van der Waals surface area contributed by atoms with Gasteiger partial charge in [0.2, 0.25) is 15.9 Å². The lowest BCUT2D eigenvalue weighted by Crippen LogP contribution is -2.44. The number of benzene rings is 2. The van der Waals surface area contributed by atoms with Crippen LogP contribution >= 0.6 is 11.6 Å². The minimum absolute atomic E-state index is 0.00357. The molecule has 0 bridgehead atoms. The molecule has 0 aliphatic carbocycles. The van der Waals surface area contributed by atoms with Crippen molar-refractivity contribution in [3.05, 3.63) is 70.7 Å². The normalized spacial score (nSPS) is 17.0. The van der Waals surface area contributed by atoms with E-state index in [9.17, 15) is 13.2 Å². The van der Waals surface area contributed by atoms with Crippen LogP contribution in [0, 0.1) is 5.92 Å². The van der Waals surface area contributed by atoms with Crippen LogP contribution in [-0.2, 0) is 20.6 Å². The van der Waals surface area contributed by atoms with E-state index in [1.807, 2.05) is 37.3 Å². The molecule has 5 nitrogen and oxygen atoms in total. The number of nitrogens with one attached hydrogen (secondary N) is 1. The number of amides is 1. The van der Waals surface area contributed by atoms with Crippen molar-refractivity contribution in [3.63, 3.8) is 0 Å². The average Bonchev–Trinajstić information content (AvgIpc) is 2.74. The van der Waals surface area contributed by atoms with Gasteiger partial charge in [-0.25, -0.2) is 12.7 Å². The molecule has 1 N–H and O–H groups in total. The first-order valence-corrected chi connectivity index (χ1v) is 12.0. The summed E-state index contributed by atoms with van der Waals surface area (Å²) in [5.74, 6) is -0.279. The van der Waals surface area contributed by atoms with Crippen LogP contribution in [0.5, 0.6) is 0 Å². The summed E-state index contributed by atoms with van der Waals surface area (Å²) in [6.07, 6.45) is 1.86. The Balaban J connectivity index is 1.57. The van der Waals surface area contributed by atoms with Crippen molar-refractivity contribution in [3.8, 4) is 0 Å². The van der Waals surface area contributed by atoms with Gasteiger partial charge in [0.1, 0.15) is 0 Å². The number of halogens is 1. The van der Waals surface area contributed by atoms with Crippen LogP contribution in [0.4, 0.5) is 0 Å². The summed E-state index contributed by atoms with van der Waals surface area (Å²) in [5.41, 5.74) is 1.69. The van der Waals surface area contributed by atoms with Gasteiger partial charge in [0.05, 0.1) is 11.8 Å². The Morgan fingerprint density at radius 1 is 1.10 bits per heavy atom. The first kappa shape index (κ1) is 21.8. The fraction of sp³-hybridized carbons (Fsp3) is 0.409. The van der Waals surface area contributed by atoms with Crippen LogP contribution in [0.3, 0.4) is 0 Å². The van der Waals surface area contributed by atoms with E-state index in [1.165, 1.54) is 4.31 Å². The zero-order chi connectivity index (χ0) is 20.9. The number of hydrogen-bond donors (Lipinski definition) is 1. The maximum Gasteiger partial charge on any atom is 0.223 e. The van der Waals surface area contributed by atoms with Crippen molar-refractivity contribution in [1.29, 1.82) is 0 Å². The summed E-state index contributed by atoms with van der Waals surface area (Å²) in [7, 11) is -3.46. The molecule has 3 rings (SSSR count). The highest BCUT2D eigenvalue weighted by Gasteiger charge is 2.32. The van der Waals surface area contributed by atoms with E-state index in [1.54, 1.807) is 24.3 Å². The smallest absolute Gasteiger partial charge is 0.223 e. The number of nitrogens with zero attached hydrogens (tertiary/aromatic N) is 1. The molecule has 0 spiro atoms. The number of carbonyl (C=O) groups is 1. The lowest BCUT2D eigenvalue weighted by molar-refractivity contribution is -0.126. The number of rotatable bonds is 7. The molecule has 29 heavy (non-hydrogen) atoms.